The van der Waals surface area contributed by atoms with Gasteiger partial charge in [0.15, 0.2) is 12.0 Å². The zero-order valence-corrected chi connectivity index (χ0v) is 13.2. The van der Waals surface area contributed by atoms with E-state index in [2.05, 4.69) is 20.3 Å². The van der Waals surface area contributed by atoms with Crippen molar-refractivity contribution in [2.45, 2.75) is 13.8 Å². The summed E-state index contributed by atoms with van der Waals surface area (Å²) in [6.45, 7) is 3.82. The van der Waals surface area contributed by atoms with Crippen molar-refractivity contribution in [3.63, 3.8) is 0 Å². The number of aryl methyl sites for hydroxylation is 2. The number of carbonyl (C=O) groups is 1. The highest BCUT2D eigenvalue weighted by molar-refractivity contribution is 6.06. The molecule has 2 heterocycles. The molecule has 0 unspecified atom stereocenters. The number of oxazole rings is 1. The van der Waals surface area contributed by atoms with Gasteiger partial charge in [-0.2, -0.15) is 0 Å². The van der Waals surface area contributed by atoms with Gasteiger partial charge < -0.3 is 9.73 Å². The Labute approximate surface area is 137 Å². The first-order chi connectivity index (χ1) is 11.6. The molecule has 0 fully saturated rings. The Morgan fingerprint density at radius 3 is 2.58 bits per heavy atom. The summed E-state index contributed by atoms with van der Waals surface area (Å²) in [5, 5.41) is 2.86. The number of fused-ring (bicyclic) bond motifs is 2. The lowest BCUT2D eigenvalue weighted by atomic mass is 10.1. The van der Waals surface area contributed by atoms with Gasteiger partial charge in [-0.15, -0.1) is 0 Å². The van der Waals surface area contributed by atoms with Crippen molar-refractivity contribution >= 4 is 33.7 Å². The maximum Gasteiger partial charge on any atom is 0.255 e. The monoisotopic (exact) mass is 318 g/mol. The Morgan fingerprint density at radius 1 is 0.958 bits per heavy atom. The van der Waals surface area contributed by atoms with Gasteiger partial charge in [0.2, 0.25) is 0 Å². The molecule has 0 bridgehead atoms. The number of anilines is 1. The lowest BCUT2D eigenvalue weighted by molar-refractivity contribution is 0.102. The number of aromatic nitrogens is 3. The van der Waals surface area contributed by atoms with E-state index in [0.29, 0.717) is 27.9 Å². The fourth-order valence-corrected chi connectivity index (χ4v) is 2.51. The van der Waals surface area contributed by atoms with Gasteiger partial charge in [0.1, 0.15) is 5.52 Å². The molecular formula is C18H14N4O2. The summed E-state index contributed by atoms with van der Waals surface area (Å²) >= 11 is 0. The minimum atomic E-state index is -0.209. The summed E-state index contributed by atoms with van der Waals surface area (Å²) in [5.74, 6) is -0.209. The number of amides is 1. The quantitative estimate of drug-likeness (QED) is 0.610. The number of benzene rings is 2. The second-order valence-corrected chi connectivity index (χ2v) is 5.59. The third kappa shape index (κ3) is 2.48. The van der Waals surface area contributed by atoms with E-state index < -0.39 is 0 Å². The second kappa shape index (κ2) is 5.42. The van der Waals surface area contributed by atoms with Gasteiger partial charge in [-0.05, 0) is 50.2 Å². The minimum absolute atomic E-state index is 0.209. The first-order valence-corrected chi connectivity index (χ1v) is 7.50. The minimum Gasteiger partial charge on any atom is -0.443 e. The highest BCUT2D eigenvalue weighted by atomic mass is 16.3. The second-order valence-electron chi connectivity index (χ2n) is 5.59. The van der Waals surface area contributed by atoms with Crippen molar-refractivity contribution in [3.8, 4) is 0 Å². The van der Waals surface area contributed by atoms with E-state index in [1.165, 1.54) is 6.39 Å². The van der Waals surface area contributed by atoms with Crippen molar-refractivity contribution in [2.75, 3.05) is 5.32 Å². The molecule has 2 aromatic heterocycles. The number of carbonyl (C=O) groups excluding carboxylic acids is 1. The van der Waals surface area contributed by atoms with Crippen molar-refractivity contribution in [2.24, 2.45) is 0 Å². The largest absolute Gasteiger partial charge is 0.443 e. The van der Waals surface area contributed by atoms with Crippen LogP contribution in [0, 0.1) is 13.8 Å². The predicted molar refractivity (Wildman–Crippen MR) is 91.0 cm³/mol. The van der Waals surface area contributed by atoms with Crippen LogP contribution in [0.4, 0.5) is 5.69 Å². The number of nitrogens with zero attached hydrogens (tertiary/aromatic N) is 3. The van der Waals surface area contributed by atoms with Crippen LogP contribution < -0.4 is 5.32 Å². The lowest BCUT2D eigenvalue weighted by Crippen LogP contribution is -2.12. The average Bonchev–Trinajstić information content (AvgIpc) is 3.03. The standard InChI is InChI=1S/C18H14N4O2/c1-10-11(2)21-15-7-12(3-5-14(15)20-10)18(23)22-13-4-6-17-16(8-13)19-9-24-17/h3-9H,1-2H3,(H,22,23). The summed E-state index contributed by atoms with van der Waals surface area (Å²) < 4.78 is 5.19. The topological polar surface area (TPSA) is 80.9 Å². The van der Waals surface area contributed by atoms with Gasteiger partial charge in [0.25, 0.3) is 5.91 Å². The lowest BCUT2D eigenvalue weighted by Gasteiger charge is -2.07. The number of nitrogens with one attached hydrogen (secondary N) is 1. The summed E-state index contributed by atoms with van der Waals surface area (Å²) in [6.07, 6.45) is 1.38. The first-order valence-electron chi connectivity index (χ1n) is 7.50. The van der Waals surface area contributed by atoms with Gasteiger partial charge >= 0.3 is 0 Å². The van der Waals surface area contributed by atoms with E-state index in [4.69, 9.17) is 4.42 Å². The Hall–Kier alpha value is -3.28. The van der Waals surface area contributed by atoms with Crippen LogP contribution in [0.3, 0.4) is 0 Å². The van der Waals surface area contributed by atoms with Crippen LogP contribution in [0.5, 0.6) is 0 Å². The van der Waals surface area contributed by atoms with E-state index in [-0.39, 0.29) is 5.91 Å². The maximum atomic E-state index is 12.5. The fraction of sp³-hybridized carbons (Fsp3) is 0.111. The van der Waals surface area contributed by atoms with Crippen molar-refractivity contribution in [1.29, 1.82) is 0 Å². The molecule has 1 N–H and O–H groups in total. The van der Waals surface area contributed by atoms with E-state index in [0.717, 1.165) is 16.9 Å². The highest BCUT2D eigenvalue weighted by Gasteiger charge is 2.10. The molecule has 0 atom stereocenters. The Morgan fingerprint density at radius 2 is 1.75 bits per heavy atom. The van der Waals surface area contributed by atoms with Gasteiger partial charge in [0.05, 0.1) is 22.4 Å². The number of hydrogen-bond donors (Lipinski definition) is 1. The van der Waals surface area contributed by atoms with E-state index in [9.17, 15) is 4.79 Å². The third-order valence-electron chi connectivity index (χ3n) is 3.93. The summed E-state index contributed by atoms with van der Waals surface area (Å²) in [7, 11) is 0. The van der Waals surface area contributed by atoms with Crippen molar-refractivity contribution in [1.82, 2.24) is 15.0 Å². The molecule has 0 aliphatic heterocycles. The van der Waals surface area contributed by atoms with Crippen LogP contribution in [0.25, 0.3) is 22.1 Å². The van der Waals surface area contributed by atoms with Crippen LogP contribution in [-0.2, 0) is 0 Å². The van der Waals surface area contributed by atoms with Crippen LogP contribution >= 0.6 is 0 Å². The molecule has 0 spiro atoms. The maximum absolute atomic E-state index is 12.5. The predicted octanol–water partition coefficient (Wildman–Crippen LogP) is 3.64. The van der Waals surface area contributed by atoms with Gasteiger partial charge in [-0.3, -0.25) is 4.79 Å². The normalized spacial score (nSPS) is 11.1. The molecule has 1 amide bonds. The molecule has 4 rings (SSSR count). The molecule has 0 radical (unpaired) electrons. The van der Waals surface area contributed by atoms with Crippen LogP contribution in [0.2, 0.25) is 0 Å². The molecule has 0 aliphatic rings. The average molecular weight is 318 g/mol. The zero-order valence-electron chi connectivity index (χ0n) is 13.2. The highest BCUT2D eigenvalue weighted by Crippen LogP contribution is 2.19. The molecule has 6 heteroatoms. The fourth-order valence-electron chi connectivity index (χ4n) is 2.51. The summed E-state index contributed by atoms with van der Waals surface area (Å²) in [4.78, 5) is 25.5. The Bertz CT molecular complexity index is 1080. The van der Waals surface area contributed by atoms with Crippen molar-refractivity contribution < 1.29 is 9.21 Å². The number of hydrogen-bond acceptors (Lipinski definition) is 5. The van der Waals surface area contributed by atoms with Crippen LogP contribution in [-0.4, -0.2) is 20.9 Å². The first kappa shape index (κ1) is 14.3. The van der Waals surface area contributed by atoms with Gasteiger partial charge in [0, 0.05) is 11.3 Å². The smallest absolute Gasteiger partial charge is 0.255 e. The molecular weight excluding hydrogens is 304 g/mol. The molecule has 0 aliphatic carbocycles. The molecule has 0 saturated heterocycles. The molecule has 0 saturated carbocycles. The van der Waals surface area contributed by atoms with Crippen LogP contribution in [0.1, 0.15) is 21.7 Å². The van der Waals surface area contributed by atoms with E-state index in [1.807, 2.05) is 19.9 Å². The Balaban J connectivity index is 1.65. The number of rotatable bonds is 2. The summed E-state index contributed by atoms with van der Waals surface area (Å²) in [6, 6.07) is 10.6. The van der Waals surface area contributed by atoms with Gasteiger partial charge in [-0.25, -0.2) is 15.0 Å². The SMILES string of the molecule is Cc1nc2ccc(C(=O)Nc3ccc4ocnc4c3)cc2nc1C. The molecule has 4 aromatic rings. The molecule has 24 heavy (non-hydrogen) atoms. The van der Waals surface area contributed by atoms with E-state index >= 15 is 0 Å². The van der Waals surface area contributed by atoms with Crippen LogP contribution in [0.15, 0.2) is 47.2 Å². The van der Waals surface area contributed by atoms with E-state index in [1.54, 1.807) is 30.3 Å². The third-order valence-corrected chi connectivity index (χ3v) is 3.93. The zero-order chi connectivity index (χ0) is 16.7. The molecule has 118 valence electrons. The molecule has 2 aromatic carbocycles. The Kier molecular flexibility index (Phi) is 3.23. The summed E-state index contributed by atoms with van der Waals surface area (Å²) in [5.41, 5.74) is 5.80. The van der Waals surface area contributed by atoms with Crippen molar-refractivity contribution in [3.05, 3.63) is 59.7 Å². The molecule has 6 nitrogen and oxygen atoms in total. The van der Waals surface area contributed by atoms with Gasteiger partial charge in [-0.1, -0.05) is 0 Å².